The Morgan fingerprint density at radius 1 is 1.37 bits per heavy atom. The zero-order valence-corrected chi connectivity index (χ0v) is 12.7. The highest BCUT2D eigenvalue weighted by Crippen LogP contribution is 2.15. The van der Waals surface area contributed by atoms with E-state index >= 15 is 0 Å². The Bertz CT molecular complexity index is 393. The Balaban J connectivity index is 1.77. The SMILES string of the molecule is CC1CCCN1CCn1cc(CNC(C)(C)C)nn1. The lowest BCUT2D eigenvalue weighted by molar-refractivity contribution is 0.253. The maximum atomic E-state index is 4.22. The van der Waals surface area contributed by atoms with Crippen LogP contribution in [0.4, 0.5) is 0 Å². The first-order valence-electron chi connectivity index (χ1n) is 7.32. The first-order chi connectivity index (χ1) is 8.94. The number of rotatable bonds is 5. The Morgan fingerprint density at radius 3 is 2.79 bits per heavy atom. The highest BCUT2D eigenvalue weighted by atomic mass is 15.4. The third-order valence-corrected chi connectivity index (χ3v) is 3.69. The average molecular weight is 265 g/mol. The molecule has 2 heterocycles. The number of hydrogen-bond acceptors (Lipinski definition) is 4. The molecule has 1 aliphatic rings. The quantitative estimate of drug-likeness (QED) is 0.879. The highest BCUT2D eigenvalue weighted by Gasteiger charge is 2.19. The van der Waals surface area contributed by atoms with Crippen LogP contribution in [0.15, 0.2) is 6.20 Å². The number of aromatic nitrogens is 3. The van der Waals surface area contributed by atoms with Crippen LogP contribution < -0.4 is 5.32 Å². The van der Waals surface area contributed by atoms with E-state index < -0.39 is 0 Å². The highest BCUT2D eigenvalue weighted by molar-refractivity contribution is 4.93. The van der Waals surface area contributed by atoms with Crippen molar-refractivity contribution in [3.63, 3.8) is 0 Å². The Hall–Kier alpha value is -0.940. The molecule has 0 spiro atoms. The number of nitrogens with one attached hydrogen (secondary N) is 1. The Kier molecular flexibility index (Phi) is 4.58. The molecule has 5 heteroatoms. The van der Waals surface area contributed by atoms with Gasteiger partial charge in [0, 0.05) is 30.9 Å². The molecule has 1 aliphatic heterocycles. The van der Waals surface area contributed by atoms with Gasteiger partial charge >= 0.3 is 0 Å². The normalized spacial score (nSPS) is 21.2. The third-order valence-electron chi connectivity index (χ3n) is 3.69. The maximum absolute atomic E-state index is 4.22. The average Bonchev–Trinajstić information content (AvgIpc) is 2.92. The van der Waals surface area contributed by atoms with E-state index in [1.54, 1.807) is 0 Å². The molecule has 5 nitrogen and oxygen atoms in total. The first kappa shape index (κ1) is 14.5. The molecular formula is C14H27N5. The van der Waals surface area contributed by atoms with E-state index in [2.05, 4.69) is 54.4 Å². The molecule has 0 aliphatic carbocycles. The van der Waals surface area contributed by atoms with E-state index in [0.717, 1.165) is 31.4 Å². The van der Waals surface area contributed by atoms with Crippen molar-refractivity contribution in [1.29, 1.82) is 0 Å². The molecule has 2 rings (SSSR count). The van der Waals surface area contributed by atoms with Gasteiger partial charge in [-0.15, -0.1) is 5.10 Å². The van der Waals surface area contributed by atoms with E-state index in [1.165, 1.54) is 19.4 Å². The fourth-order valence-corrected chi connectivity index (χ4v) is 2.44. The van der Waals surface area contributed by atoms with Gasteiger partial charge < -0.3 is 5.32 Å². The predicted octanol–water partition coefficient (Wildman–Crippen LogP) is 1.65. The molecule has 1 saturated heterocycles. The number of nitrogens with zero attached hydrogens (tertiary/aromatic N) is 4. The van der Waals surface area contributed by atoms with Crippen LogP contribution in [0, 0.1) is 0 Å². The summed E-state index contributed by atoms with van der Waals surface area (Å²) < 4.78 is 1.96. The van der Waals surface area contributed by atoms with Crippen LogP contribution in [-0.2, 0) is 13.1 Å². The van der Waals surface area contributed by atoms with Gasteiger partial charge in [-0.25, -0.2) is 0 Å². The molecule has 0 bridgehead atoms. The number of hydrogen-bond donors (Lipinski definition) is 1. The molecule has 0 amide bonds. The first-order valence-corrected chi connectivity index (χ1v) is 7.32. The summed E-state index contributed by atoms with van der Waals surface area (Å²) in [6, 6.07) is 0.727. The van der Waals surface area contributed by atoms with Crippen molar-refractivity contribution in [2.45, 2.75) is 65.2 Å². The van der Waals surface area contributed by atoms with Crippen LogP contribution in [0.2, 0.25) is 0 Å². The molecule has 0 saturated carbocycles. The smallest absolute Gasteiger partial charge is 0.0965 e. The second-order valence-electron chi connectivity index (χ2n) is 6.60. The predicted molar refractivity (Wildman–Crippen MR) is 76.9 cm³/mol. The van der Waals surface area contributed by atoms with Crippen LogP contribution in [0.5, 0.6) is 0 Å². The minimum Gasteiger partial charge on any atom is -0.306 e. The van der Waals surface area contributed by atoms with E-state index in [0.29, 0.717) is 0 Å². The van der Waals surface area contributed by atoms with Gasteiger partial charge in [-0.1, -0.05) is 5.21 Å². The molecule has 1 atom stereocenters. The molecule has 1 N–H and O–H groups in total. The summed E-state index contributed by atoms with van der Waals surface area (Å²) in [5.41, 5.74) is 1.14. The minimum absolute atomic E-state index is 0.120. The molecule has 0 aromatic carbocycles. The monoisotopic (exact) mass is 265 g/mol. The van der Waals surface area contributed by atoms with Gasteiger partial charge in [0.1, 0.15) is 0 Å². The lowest BCUT2D eigenvalue weighted by Crippen LogP contribution is -2.35. The van der Waals surface area contributed by atoms with E-state index in [4.69, 9.17) is 0 Å². The standard InChI is InChI=1S/C14H27N5/c1-12-6-5-7-18(12)8-9-19-11-13(16-17-19)10-15-14(2,3)4/h11-12,15H,5-10H2,1-4H3. The topological polar surface area (TPSA) is 46.0 Å². The second kappa shape index (κ2) is 6.01. The van der Waals surface area contributed by atoms with Gasteiger partial charge in [0.05, 0.1) is 12.2 Å². The van der Waals surface area contributed by atoms with Crippen LogP contribution in [-0.4, -0.2) is 44.6 Å². The van der Waals surface area contributed by atoms with Gasteiger partial charge in [0.25, 0.3) is 0 Å². The van der Waals surface area contributed by atoms with Crippen molar-refractivity contribution in [3.05, 3.63) is 11.9 Å². The molecule has 108 valence electrons. The lowest BCUT2D eigenvalue weighted by Gasteiger charge is -2.20. The summed E-state index contributed by atoms with van der Waals surface area (Å²) in [6.07, 6.45) is 4.72. The van der Waals surface area contributed by atoms with Crippen molar-refractivity contribution < 1.29 is 0 Å². The zero-order valence-electron chi connectivity index (χ0n) is 12.7. The summed E-state index contributed by atoms with van der Waals surface area (Å²) in [5, 5.41) is 11.8. The van der Waals surface area contributed by atoms with Crippen LogP contribution in [0.1, 0.15) is 46.2 Å². The van der Waals surface area contributed by atoms with E-state index in [9.17, 15) is 0 Å². The Labute approximate surface area is 116 Å². The molecule has 1 fully saturated rings. The Morgan fingerprint density at radius 2 is 2.16 bits per heavy atom. The molecule has 1 aromatic heterocycles. The van der Waals surface area contributed by atoms with Gasteiger partial charge in [0.2, 0.25) is 0 Å². The molecule has 19 heavy (non-hydrogen) atoms. The van der Waals surface area contributed by atoms with Crippen molar-refractivity contribution in [1.82, 2.24) is 25.2 Å². The van der Waals surface area contributed by atoms with Crippen molar-refractivity contribution >= 4 is 0 Å². The van der Waals surface area contributed by atoms with Gasteiger partial charge in [-0.2, -0.15) is 0 Å². The van der Waals surface area contributed by atoms with Gasteiger partial charge in [0.15, 0.2) is 0 Å². The largest absolute Gasteiger partial charge is 0.306 e. The summed E-state index contributed by atoms with van der Waals surface area (Å²) >= 11 is 0. The van der Waals surface area contributed by atoms with Gasteiger partial charge in [-0.3, -0.25) is 9.58 Å². The van der Waals surface area contributed by atoms with Crippen molar-refractivity contribution in [2.75, 3.05) is 13.1 Å². The van der Waals surface area contributed by atoms with Crippen molar-refractivity contribution in [2.24, 2.45) is 0 Å². The summed E-state index contributed by atoms with van der Waals surface area (Å²) in [4.78, 5) is 2.54. The molecular weight excluding hydrogens is 238 g/mol. The van der Waals surface area contributed by atoms with Crippen molar-refractivity contribution in [3.8, 4) is 0 Å². The second-order valence-corrected chi connectivity index (χ2v) is 6.60. The maximum Gasteiger partial charge on any atom is 0.0965 e. The summed E-state index contributed by atoms with van der Waals surface area (Å²) in [6.45, 7) is 12.8. The summed E-state index contributed by atoms with van der Waals surface area (Å²) in [7, 11) is 0. The van der Waals surface area contributed by atoms with Gasteiger partial charge in [-0.05, 0) is 47.1 Å². The molecule has 0 radical (unpaired) electrons. The van der Waals surface area contributed by atoms with E-state index in [1.807, 2.05) is 4.68 Å². The fourth-order valence-electron chi connectivity index (χ4n) is 2.44. The number of likely N-dealkylation sites (tertiary alicyclic amines) is 1. The summed E-state index contributed by atoms with van der Waals surface area (Å²) in [5.74, 6) is 0. The molecule has 1 unspecified atom stereocenters. The zero-order chi connectivity index (χ0) is 13.9. The fraction of sp³-hybridized carbons (Fsp3) is 0.857. The lowest BCUT2D eigenvalue weighted by atomic mass is 10.1. The van der Waals surface area contributed by atoms with Crippen LogP contribution in [0.3, 0.4) is 0 Å². The minimum atomic E-state index is 0.120. The van der Waals surface area contributed by atoms with Crippen LogP contribution in [0.25, 0.3) is 0 Å². The molecule has 1 aromatic rings. The third kappa shape index (κ3) is 4.58. The van der Waals surface area contributed by atoms with Crippen LogP contribution >= 0.6 is 0 Å². The van der Waals surface area contributed by atoms with E-state index in [-0.39, 0.29) is 5.54 Å².